The van der Waals surface area contributed by atoms with Gasteiger partial charge in [0, 0.05) is 0 Å². The van der Waals surface area contributed by atoms with Gasteiger partial charge in [-0.05, 0) is 24.5 Å². The van der Waals surface area contributed by atoms with Crippen molar-refractivity contribution in [3.05, 3.63) is 40.1 Å². The van der Waals surface area contributed by atoms with Crippen molar-refractivity contribution in [3.8, 4) is 0 Å². The van der Waals surface area contributed by atoms with Crippen LogP contribution in [0.15, 0.2) is 27.4 Å². The van der Waals surface area contributed by atoms with Crippen molar-refractivity contribution in [1.29, 1.82) is 0 Å². The summed E-state index contributed by atoms with van der Waals surface area (Å²) in [6.07, 6.45) is 0. The van der Waals surface area contributed by atoms with Crippen LogP contribution in [0.1, 0.15) is 31.3 Å². The van der Waals surface area contributed by atoms with Crippen LogP contribution in [0.2, 0.25) is 0 Å². The summed E-state index contributed by atoms with van der Waals surface area (Å²) in [4.78, 5) is 16.2. The van der Waals surface area contributed by atoms with Crippen LogP contribution in [-0.4, -0.2) is 4.98 Å². The third-order valence-electron chi connectivity index (χ3n) is 2.89. The highest BCUT2D eigenvalue weighted by atomic mass is 16.4. The Morgan fingerprint density at radius 2 is 2.06 bits per heavy atom. The maximum atomic E-state index is 11.9. The van der Waals surface area contributed by atoms with Gasteiger partial charge < -0.3 is 10.2 Å². The average molecular weight is 232 g/mol. The van der Waals surface area contributed by atoms with E-state index in [1.54, 1.807) is 6.07 Å². The second kappa shape index (κ2) is 4.30. The molecule has 0 radical (unpaired) electrons. The van der Waals surface area contributed by atoms with Crippen molar-refractivity contribution in [2.45, 2.75) is 26.8 Å². The van der Waals surface area contributed by atoms with E-state index in [0.29, 0.717) is 16.8 Å². The molecule has 4 heteroatoms. The van der Waals surface area contributed by atoms with Gasteiger partial charge in [-0.25, -0.2) is 9.78 Å². The van der Waals surface area contributed by atoms with E-state index in [-0.39, 0.29) is 17.6 Å². The van der Waals surface area contributed by atoms with Crippen LogP contribution in [0.5, 0.6) is 0 Å². The van der Waals surface area contributed by atoms with Crippen LogP contribution in [0, 0.1) is 12.8 Å². The van der Waals surface area contributed by atoms with Gasteiger partial charge in [0.05, 0.1) is 16.9 Å². The number of benzene rings is 1. The number of rotatable bonds is 2. The van der Waals surface area contributed by atoms with Crippen LogP contribution in [0.4, 0.5) is 0 Å². The van der Waals surface area contributed by atoms with Gasteiger partial charge in [-0.1, -0.05) is 26.0 Å². The first-order chi connectivity index (χ1) is 8.00. The van der Waals surface area contributed by atoms with Crippen LogP contribution in [-0.2, 0) is 0 Å². The van der Waals surface area contributed by atoms with Crippen LogP contribution < -0.4 is 11.4 Å². The van der Waals surface area contributed by atoms with Gasteiger partial charge >= 0.3 is 5.63 Å². The number of hydrogen-bond donors (Lipinski definition) is 1. The van der Waals surface area contributed by atoms with Gasteiger partial charge in [0.2, 0.25) is 5.89 Å². The Labute approximate surface area is 99.5 Å². The van der Waals surface area contributed by atoms with E-state index in [1.807, 2.05) is 32.9 Å². The molecule has 2 rings (SSSR count). The number of nitrogens with zero attached hydrogens (tertiary/aromatic N) is 1. The molecule has 2 aromatic rings. The van der Waals surface area contributed by atoms with E-state index >= 15 is 0 Å². The molecule has 1 heterocycles. The van der Waals surface area contributed by atoms with E-state index in [0.717, 1.165) is 5.56 Å². The Hall–Kier alpha value is -1.68. The standard InChI is InChI=1S/C13H16N2O2/c1-7(2)11(14)12-15-9-6-4-5-8(3)10(9)13(16)17-12/h4-7,11H,14H2,1-3H3/t11-/m0/s1. The largest absolute Gasteiger partial charge is 0.406 e. The lowest BCUT2D eigenvalue weighted by atomic mass is 10.1. The van der Waals surface area contributed by atoms with Crippen molar-refractivity contribution in [1.82, 2.24) is 4.98 Å². The summed E-state index contributed by atoms with van der Waals surface area (Å²) < 4.78 is 5.20. The molecule has 90 valence electrons. The Balaban J connectivity index is 2.69. The summed E-state index contributed by atoms with van der Waals surface area (Å²) in [5, 5.41) is 0.534. The first-order valence-corrected chi connectivity index (χ1v) is 5.66. The third-order valence-corrected chi connectivity index (χ3v) is 2.89. The second-order valence-corrected chi connectivity index (χ2v) is 4.58. The van der Waals surface area contributed by atoms with Gasteiger partial charge in [-0.15, -0.1) is 0 Å². The zero-order valence-corrected chi connectivity index (χ0v) is 10.2. The molecule has 0 aliphatic rings. The molecule has 17 heavy (non-hydrogen) atoms. The lowest BCUT2D eigenvalue weighted by Crippen LogP contribution is -2.20. The molecule has 0 saturated carbocycles. The summed E-state index contributed by atoms with van der Waals surface area (Å²) in [7, 11) is 0. The monoisotopic (exact) mass is 232 g/mol. The minimum atomic E-state index is -0.362. The van der Waals surface area contributed by atoms with E-state index < -0.39 is 0 Å². The second-order valence-electron chi connectivity index (χ2n) is 4.58. The molecule has 0 aliphatic heterocycles. The van der Waals surface area contributed by atoms with Crippen LogP contribution >= 0.6 is 0 Å². The maximum absolute atomic E-state index is 11.9. The molecular weight excluding hydrogens is 216 g/mol. The molecule has 0 bridgehead atoms. The third kappa shape index (κ3) is 2.08. The minimum Gasteiger partial charge on any atom is -0.406 e. The molecule has 2 N–H and O–H groups in total. The Morgan fingerprint density at radius 1 is 1.35 bits per heavy atom. The number of fused-ring (bicyclic) bond motifs is 1. The van der Waals surface area contributed by atoms with Crippen LogP contribution in [0.25, 0.3) is 10.9 Å². The van der Waals surface area contributed by atoms with Crippen molar-refractivity contribution < 1.29 is 4.42 Å². The predicted octanol–water partition coefficient (Wildman–Crippen LogP) is 2.15. The van der Waals surface area contributed by atoms with Gasteiger partial charge in [0.25, 0.3) is 0 Å². The molecule has 0 saturated heterocycles. The molecule has 0 spiro atoms. The van der Waals surface area contributed by atoms with Crippen molar-refractivity contribution in [3.63, 3.8) is 0 Å². The molecule has 0 unspecified atom stereocenters. The first-order valence-electron chi connectivity index (χ1n) is 5.66. The fourth-order valence-electron chi connectivity index (χ4n) is 1.73. The normalized spacial score (nSPS) is 13.2. The van der Waals surface area contributed by atoms with Crippen molar-refractivity contribution in [2.75, 3.05) is 0 Å². The lowest BCUT2D eigenvalue weighted by Gasteiger charge is -2.13. The molecule has 0 fully saturated rings. The topological polar surface area (TPSA) is 69.1 Å². The van der Waals surface area contributed by atoms with Gasteiger partial charge in [-0.3, -0.25) is 0 Å². The molecule has 1 aromatic carbocycles. The smallest absolute Gasteiger partial charge is 0.347 e. The summed E-state index contributed by atoms with van der Waals surface area (Å²) in [5.41, 5.74) is 7.09. The van der Waals surface area contributed by atoms with E-state index in [1.165, 1.54) is 0 Å². The molecule has 1 atom stereocenters. The molecule has 0 amide bonds. The van der Waals surface area contributed by atoms with Crippen LogP contribution in [0.3, 0.4) is 0 Å². The number of aromatic nitrogens is 1. The summed E-state index contributed by atoms with van der Waals surface area (Å²) in [6.45, 7) is 5.79. The maximum Gasteiger partial charge on any atom is 0.347 e. The first kappa shape index (κ1) is 11.8. The highest BCUT2D eigenvalue weighted by Crippen LogP contribution is 2.19. The SMILES string of the molecule is Cc1cccc2nc([C@@H](N)C(C)C)oc(=O)c12. The predicted molar refractivity (Wildman–Crippen MR) is 66.8 cm³/mol. The lowest BCUT2D eigenvalue weighted by molar-refractivity contribution is 0.360. The molecule has 1 aromatic heterocycles. The van der Waals surface area contributed by atoms with E-state index in [4.69, 9.17) is 10.2 Å². The zero-order chi connectivity index (χ0) is 12.6. The zero-order valence-electron chi connectivity index (χ0n) is 10.2. The molecular formula is C13H16N2O2. The Kier molecular flexibility index (Phi) is 2.98. The van der Waals surface area contributed by atoms with Crippen molar-refractivity contribution in [2.24, 2.45) is 11.7 Å². The number of hydrogen-bond acceptors (Lipinski definition) is 4. The number of nitrogens with two attached hydrogens (primary N) is 1. The quantitative estimate of drug-likeness (QED) is 0.861. The van der Waals surface area contributed by atoms with E-state index in [2.05, 4.69) is 4.98 Å². The summed E-state index contributed by atoms with van der Waals surface area (Å²) in [5.74, 6) is 0.482. The summed E-state index contributed by atoms with van der Waals surface area (Å²) in [6, 6.07) is 5.18. The Bertz CT molecular complexity index is 602. The molecule has 4 nitrogen and oxygen atoms in total. The number of aryl methyl sites for hydroxylation is 1. The van der Waals surface area contributed by atoms with Gasteiger partial charge in [0.15, 0.2) is 0 Å². The van der Waals surface area contributed by atoms with Gasteiger partial charge in [0.1, 0.15) is 0 Å². The highest BCUT2D eigenvalue weighted by molar-refractivity contribution is 5.80. The van der Waals surface area contributed by atoms with Gasteiger partial charge in [-0.2, -0.15) is 0 Å². The fraction of sp³-hybridized carbons (Fsp3) is 0.385. The minimum absolute atomic E-state index is 0.174. The van der Waals surface area contributed by atoms with E-state index in [9.17, 15) is 4.79 Å². The average Bonchev–Trinajstić information content (AvgIpc) is 2.27. The summed E-state index contributed by atoms with van der Waals surface area (Å²) >= 11 is 0. The highest BCUT2D eigenvalue weighted by Gasteiger charge is 2.17. The molecule has 0 aliphatic carbocycles. The van der Waals surface area contributed by atoms with Crippen molar-refractivity contribution >= 4 is 10.9 Å². The Morgan fingerprint density at radius 3 is 2.71 bits per heavy atom. The fourth-order valence-corrected chi connectivity index (χ4v) is 1.73.